The molecule has 0 radical (unpaired) electrons. The second kappa shape index (κ2) is 4.74. The predicted molar refractivity (Wildman–Crippen MR) is 65.3 cm³/mol. The fourth-order valence-corrected chi connectivity index (χ4v) is 1.39. The average molecular weight is 244 g/mol. The maximum Gasteiger partial charge on any atom is 0.269 e. The highest BCUT2D eigenvalue weighted by molar-refractivity contribution is 5.92. The number of carbonyl (C=O) groups excluding carboxylic acids is 1. The number of nitrogens with one attached hydrogen (secondary N) is 1. The van der Waals surface area contributed by atoms with Crippen molar-refractivity contribution in [1.29, 1.82) is 0 Å². The molecule has 3 N–H and O–H groups in total. The van der Waals surface area contributed by atoms with Crippen molar-refractivity contribution < 1.29 is 4.79 Å². The van der Waals surface area contributed by atoms with Crippen LogP contribution in [0.3, 0.4) is 0 Å². The van der Waals surface area contributed by atoms with Crippen molar-refractivity contribution in [3.8, 4) is 0 Å². The van der Waals surface area contributed by atoms with Crippen LogP contribution in [0.2, 0.25) is 0 Å². The summed E-state index contributed by atoms with van der Waals surface area (Å²) in [6.07, 6.45) is 0. The summed E-state index contributed by atoms with van der Waals surface area (Å²) in [7, 11) is 0. The van der Waals surface area contributed by atoms with Gasteiger partial charge in [-0.05, 0) is 37.6 Å². The van der Waals surface area contributed by atoms with Crippen molar-refractivity contribution in [2.75, 3.05) is 5.32 Å². The zero-order valence-electron chi connectivity index (χ0n) is 10.0. The number of anilines is 2. The molecule has 2 rings (SSSR count). The van der Waals surface area contributed by atoms with Gasteiger partial charge >= 0.3 is 0 Å². The van der Waals surface area contributed by atoms with Gasteiger partial charge in [0.15, 0.2) is 17.3 Å². The number of nitrogens with two attached hydrogens (primary N) is 1. The SMILES string of the molecule is Cc1ccc(Nc2cc(C)c(C(N)=O)nn2)nn1. The molecule has 0 fully saturated rings. The van der Waals surface area contributed by atoms with Crippen LogP contribution in [0.25, 0.3) is 0 Å². The molecule has 2 aromatic rings. The molecular weight excluding hydrogens is 232 g/mol. The molecule has 0 aromatic carbocycles. The molecule has 0 spiro atoms. The van der Waals surface area contributed by atoms with Crippen molar-refractivity contribution in [2.24, 2.45) is 5.73 Å². The van der Waals surface area contributed by atoms with Crippen LogP contribution in [-0.2, 0) is 0 Å². The van der Waals surface area contributed by atoms with Crippen molar-refractivity contribution in [3.63, 3.8) is 0 Å². The first kappa shape index (κ1) is 11.9. The zero-order valence-corrected chi connectivity index (χ0v) is 10.0. The predicted octanol–water partition coefficient (Wildman–Crippen LogP) is 0.726. The van der Waals surface area contributed by atoms with E-state index in [1.165, 1.54) is 0 Å². The molecule has 0 saturated heterocycles. The molecule has 0 aliphatic heterocycles. The number of aryl methyl sites for hydroxylation is 2. The highest BCUT2D eigenvalue weighted by Gasteiger charge is 2.09. The van der Waals surface area contributed by atoms with Gasteiger partial charge in [-0.2, -0.15) is 5.10 Å². The lowest BCUT2D eigenvalue weighted by molar-refractivity contribution is 0.0994. The second-order valence-corrected chi connectivity index (χ2v) is 3.81. The lowest BCUT2D eigenvalue weighted by Gasteiger charge is -2.05. The highest BCUT2D eigenvalue weighted by Crippen LogP contribution is 2.13. The third kappa shape index (κ3) is 2.57. The van der Waals surface area contributed by atoms with E-state index in [0.717, 1.165) is 5.69 Å². The Bertz CT molecular complexity index is 581. The number of amides is 1. The van der Waals surface area contributed by atoms with Gasteiger partial charge in [-0.3, -0.25) is 4.79 Å². The summed E-state index contributed by atoms with van der Waals surface area (Å²) in [5.41, 5.74) is 6.79. The van der Waals surface area contributed by atoms with Crippen LogP contribution in [0.15, 0.2) is 18.2 Å². The monoisotopic (exact) mass is 244 g/mol. The van der Waals surface area contributed by atoms with Gasteiger partial charge < -0.3 is 11.1 Å². The first-order valence-electron chi connectivity index (χ1n) is 5.28. The van der Waals surface area contributed by atoms with E-state index >= 15 is 0 Å². The molecule has 2 heterocycles. The van der Waals surface area contributed by atoms with Gasteiger partial charge in [0, 0.05) is 0 Å². The smallest absolute Gasteiger partial charge is 0.269 e. The number of carbonyl (C=O) groups is 1. The van der Waals surface area contributed by atoms with Crippen LogP contribution in [0.1, 0.15) is 21.7 Å². The Labute approximate surface area is 103 Å². The summed E-state index contributed by atoms with van der Waals surface area (Å²) in [6.45, 7) is 3.59. The first-order valence-corrected chi connectivity index (χ1v) is 5.28. The molecule has 7 heteroatoms. The molecule has 0 unspecified atom stereocenters. The van der Waals surface area contributed by atoms with Crippen LogP contribution >= 0.6 is 0 Å². The average Bonchev–Trinajstić information content (AvgIpc) is 2.32. The van der Waals surface area contributed by atoms with Crippen molar-refractivity contribution >= 4 is 17.5 Å². The van der Waals surface area contributed by atoms with E-state index in [1.807, 2.05) is 13.0 Å². The maximum atomic E-state index is 11.0. The number of hydrogen-bond acceptors (Lipinski definition) is 6. The summed E-state index contributed by atoms with van der Waals surface area (Å²) in [6, 6.07) is 5.28. The summed E-state index contributed by atoms with van der Waals surface area (Å²) in [4.78, 5) is 11.0. The Balaban J connectivity index is 2.22. The minimum absolute atomic E-state index is 0.163. The van der Waals surface area contributed by atoms with E-state index in [9.17, 15) is 4.79 Å². The number of primary amides is 1. The third-order valence-electron chi connectivity index (χ3n) is 2.27. The van der Waals surface area contributed by atoms with E-state index in [2.05, 4.69) is 25.7 Å². The molecule has 0 aliphatic rings. The molecule has 0 aliphatic carbocycles. The van der Waals surface area contributed by atoms with Crippen molar-refractivity contribution in [2.45, 2.75) is 13.8 Å². The summed E-state index contributed by atoms with van der Waals surface area (Å²) >= 11 is 0. The van der Waals surface area contributed by atoms with Gasteiger partial charge in [-0.1, -0.05) is 0 Å². The maximum absolute atomic E-state index is 11.0. The second-order valence-electron chi connectivity index (χ2n) is 3.81. The Kier molecular flexibility index (Phi) is 3.13. The van der Waals surface area contributed by atoms with E-state index in [4.69, 9.17) is 5.73 Å². The minimum Gasteiger partial charge on any atom is -0.364 e. The molecule has 7 nitrogen and oxygen atoms in total. The van der Waals surface area contributed by atoms with Gasteiger partial charge in [0.05, 0.1) is 5.69 Å². The number of nitrogens with zero attached hydrogens (tertiary/aromatic N) is 4. The molecule has 2 aromatic heterocycles. The Morgan fingerprint density at radius 2 is 1.83 bits per heavy atom. The normalized spacial score (nSPS) is 10.1. The van der Waals surface area contributed by atoms with Gasteiger partial charge in [0.25, 0.3) is 5.91 Å². The largest absolute Gasteiger partial charge is 0.364 e. The lowest BCUT2D eigenvalue weighted by Crippen LogP contribution is -2.16. The molecule has 92 valence electrons. The number of hydrogen-bond donors (Lipinski definition) is 2. The summed E-state index contributed by atoms with van der Waals surface area (Å²) < 4.78 is 0. The van der Waals surface area contributed by atoms with E-state index < -0.39 is 5.91 Å². The van der Waals surface area contributed by atoms with E-state index in [-0.39, 0.29) is 5.69 Å². The summed E-state index contributed by atoms with van der Waals surface area (Å²) in [5, 5.41) is 18.4. The minimum atomic E-state index is -0.596. The summed E-state index contributed by atoms with van der Waals surface area (Å²) in [5.74, 6) is 0.443. The lowest BCUT2D eigenvalue weighted by atomic mass is 10.2. The quantitative estimate of drug-likeness (QED) is 0.824. The zero-order chi connectivity index (χ0) is 13.1. The Morgan fingerprint density at radius 1 is 1.11 bits per heavy atom. The number of rotatable bonds is 3. The fourth-order valence-electron chi connectivity index (χ4n) is 1.39. The topological polar surface area (TPSA) is 107 Å². The molecule has 0 atom stereocenters. The molecular formula is C11H12N6O. The Morgan fingerprint density at radius 3 is 2.39 bits per heavy atom. The standard InChI is InChI=1S/C11H12N6O/c1-6-5-9(16-17-10(6)11(12)18)13-8-4-3-7(2)14-15-8/h3-5H,1-2H3,(H2,12,18)(H,13,15,16). The van der Waals surface area contributed by atoms with Crippen molar-refractivity contribution in [3.05, 3.63) is 35.2 Å². The third-order valence-corrected chi connectivity index (χ3v) is 2.27. The van der Waals surface area contributed by atoms with E-state index in [1.54, 1.807) is 19.1 Å². The first-order chi connectivity index (χ1) is 8.56. The van der Waals surface area contributed by atoms with Gasteiger partial charge in [0.2, 0.25) is 0 Å². The molecule has 18 heavy (non-hydrogen) atoms. The van der Waals surface area contributed by atoms with Crippen LogP contribution in [0.5, 0.6) is 0 Å². The highest BCUT2D eigenvalue weighted by atomic mass is 16.1. The van der Waals surface area contributed by atoms with Crippen LogP contribution in [0.4, 0.5) is 11.6 Å². The van der Waals surface area contributed by atoms with Crippen LogP contribution < -0.4 is 11.1 Å². The van der Waals surface area contributed by atoms with Gasteiger partial charge in [0.1, 0.15) is 0 Å². The Hall–Kier alpha value is -2.57. The molecule has 1 amide bonds. The van der Waals surface area contributed by atoms with Crippen LogP contribution in [0, 0.1) is 13.8 Å². The fraction of sp³-hybridized carbons (Fsp3) is 0.182. The van der Waals surface area contributed by atoms with Gasteiger partial charge in [-0.15, -0.1) is 15.3 Å². The van der Waals surface area contributed by atoms with Crippen molar-refractivity contribution in [1.82, 2.24) is 20.4 Å². The van der Waals surface area contributed by atoms with Gasteiger partial charge in [-0.25, -0.2) is 0 Å². The number of aromatic nitrogens is 4. The molecule has 0 bridgehead atoms. The van der Waals surface area contributed by atoms with Crippen LogP contribution in [-0.4, -0.2) is 26.3 Å². The molecule has 0 saturated carbocycles. The van der Waals surface area contributed by atoms with E-state index in [0.29, 0.717) is 17.2 Å².